The predicted molar refractivity (Wildman–Crippen MR) is 60.4 cm³/mol. The highest BCUT2D eigenvalue weighted by molar-refractivity contribution is 5.91. The van der Waals surface area contributed by atoms with Gasteiger partial charge in [-0.15, -0.1) is 0 Å². The van der Waals surface area contributed by atoms with Gasteiger partial charge in [0.15, 0.2) is 0 Å². The summed E-state index contributed by atoms with van der Waals surface area (Å²) in [4.78, 5) is 11.9. The van der Waals surface area contributed by atoms with E-state index in [4.69, 9.17) is 11.0 Å². The Hall–Kier alpha value is -2.02. The van der Waals surface area contributed by atoms with Crippen molar-refractivity contribution in [3.05, 3.63) is 29.8 Å². The Morgan fingerprint density at radius 3 is 2.56 bits per heavy atom. The molecule has 1 aromatic carbocycles. The quantitative estimate of drug-likeness (QED) is 0.581. The zero-order chi connectivity index (χ0) is 11.6. The van der Waals surface area contributed by atoms with Crippen LogP contribution in [-0.2, 0) is 10.2 Å². The zero-order valence-electron chi connectivity index (χ0n) is 8.86. The van der Waals surface area contributed by atoms with Crippen LogP contribution in [0.25, 0.3) is 0 Å². The van der Waals surface area contributed by atoms with Crippen molar-refractivity contribution in [2.24, 2.45) is 0 Å². The van der Waals surface area contributed by atoms with Crippen LogP contribution >= 0.6 is 0 Å². The molecule has 0 atom stereocenters. The SMILES string of the molecule is N#CCNC(=O)C1(c2ccc(N)cc2)CC1. The second-order valence-corrected chi connectivity index (χ2v) is 4.04. The first-order valence-corrected chi connectivity index (χ1v) is 5.20. The molecular weight excluding hydrogens is 202 g/mol. The molecule has 1 fully saturated rings. The fourth-order valence-corrected chi connectivity index (χ4v) is 1.86. The number of nitrogens with one attached hydrogen (secondary N) is 1. The summed E-state index contributed by atoms with van der Waals surface area (Å²) in [5.41, 5.74) is 6.87. The highest BCUT2D eigenvalue weighted by Gasteiger charge is 2.50. The summed E-state index contributed by atoms with van der Waals surface area (Å²) in [5, 5.41) is 11.0. The lowest BCUT2D eigenvalue weighted by atomic mass is 9.95. The van der Waals surface area contributed by atoms with E-state index in [1.807, 2.05) is 18.2 Å². The maximum absolute atomic E-state index is 11.9. The summed E-state index contributed by atoms with van der Waals surface area (Å²) in [7, 11) is 0. The Balaban J connectivity index is 2.17. The largest absolute Gasteiger partial charge is 0.399 e. The number of nitrogen functional groups attached to an aromatic ring is 1. The number of hydrogen-bond donors (Lipinski definition) is 2. The van der Waals surface area contributed by atoms with Crippen LogP contribution in [0.5, 0.6) is 0 Å². The molecule has 1 saturated carbocycles. The number of anilines is 1. The minimum Gasteiger partial charge on any atom is -0.399 e. The van der Waals surface area contributed by atoms with Crippen LogP contribution in [0.1, 0.15) is 18.4 Å². The lowest BCUT2D eigenvalue weighted by Crippen LogP contribution is -2.34. The van der Waals surface area contributed by atoms with E-state index in [9.17, 15) is 4.79 Å². The minimum atomic E-state index is -0.412. The summed E-state index contributed by atoms with van der Waals surface area (Å²) < 4.78 is 0. The predicted octanol–water partition coefficient (Wildman–Crippen LogP) is 0.940. The molecule has 4 nitrogen and oxygen atoms in total. The van der Waals surface area contributed by atoms with E-state index >= 15 is 0 Å². The molecule has 0 radical (unpaired) electrons. The number of carbonyl (C=O) groups excluding carboxylic acids is 1. The molecule has 1 aliphatic rings. The fourth-order valence-electron chi connectivity index (χ4n) is 1.86. The molecule has 1 aliphatic carbocycles. The summed E-state index contributed by atoms with van der Waals surface area (Å²) in [5.74, 6) is -0.0566. The van der Waals surface area contributed by atoms with Crippen LogP contribution in [0, 0.1) is 11.3 Å². The molecule has 1 amide bonds. The maximum atomic E-state index is 11.9. The van der Waals surface area contributed by atoms with Crippen LogP contribution in [0.2, 0.25) is 0 Å². The lowest BCUT2D eigenvalue weighted by Gasteiger charge is -2.14. The van der Waals surface area contributed by atoms with Gasteiger partial charge in [-0.05, 0) is 30.5 Å². The molecular formula is C12H13N3O. The Morgan fingerprint density at radius 1 is 1.44 bits per heavy atom. The van der Waals surface area contributed by atoms with Gasteiger partial charge in [-0.2, -0.15) is 5.26 Å². The van der Waals surface area contributed by atoms with Crippen molar-refractivity contribution in [2.45, 2.75) is 18.3 Å². The summed E-state index contributed by atoms with van der Waals surface area (Å²) in [6.45, 7) is 0.0650. The Bertz CT molecular complexity index is 440. The van der Waals surface area contributed by atoms with Crippen molar-refractivity contribution < 1.29 is 4.79 Å². The molecule has 4 heteroatoms. The average molecular weight is 215 g/mol. The van der Waals surface area contributed by atoms with E-state index in [1.54, 1.807) is 12.1 Å². The van der Waals surface area contributed by atoms with Crippen LogP contribution in [-0.4, -0.2) is 12.5 Å². The van der Waals surface area contributed by atoms with Gasteiger partial charge in [0.2, 0.25) is 5.91 Å². The summed E-state index contributed by atoms with van der Waals surface area (Å²) in [6, 6.07) is 9.27. The van der Waals surface area contributed by atoms with Crippen molar-refractivity contribution in [3.63, 3.8) is 0 Å². The van der Waals surface area contributed by atoms with Gasteiger partial charge >= 0.3 is 0 Å². The molecule has 0 bridgehead atoms. The lowest BCUT2D eigenvalue weighted by molar-refractivity contribution is -0.123. The van der Waals surface area contributed by atoms with E-state index in [0.717, 1.165) is 18.4 Å². The third kappa shape index (κ3) is 1.72. The van der Waals surface area contributed by atoms with Crippen molar-refractivity contribution in [2.75, 3.05) is 12.3 Å². The van der Waals surface area contributed by atoms with Crippen LogP contribution in [0.3, 0.4) is 0 Å². The Labute approximate surface area is 94.1 Å². The van der Waals surface area contributed by atoms with Gasteiger partial charge in [0.05, 0.1) is 11.5 Å². The third-order valence-corrected chi connectivity index (χ3v) is 2.98. The Kier molecular flexibility index (Phi) is 2.53. The van der Waals surface area contributed by atoms with Crippen molar-refractivity contribution in [1.82, 2.24) is 5.32 Å². The van der Waals surface area contributed by atoms with Crippen LogP contribution < -0.4 is 11.1 Å². The van der Waals surface area contributed by atoms with Crippen molar-refractivity contribution in [1.29, 1.82) is 5.26 Å². The number of hydrogen-bond acceptors (Lipinski definition) is 3. The van der Waals surface area contributed by atoms with E-state index in [-0.39, 0.29) is 12.5 Å². The molecule has 0 heterocycles. The summed E-state index contributed by atoms with van der Waals surface area (Å²) >= 11 is 0. The standard InChI is InChI=1S/C12H13N3O/c13-7-8-15-11(16)12(5-6-12)9-1-3-10(14)4-2-9/h1-4H,5-6,8,14H2,(H,15,16). The third-order valence-electron chi connectivity index (χ3n) is 2.98. The van der Waals surface area contributed by atoms with Gasteiger partial charge in [0.1, 0.15) is 6.54 Å². The second kappa shape index (κ2) is 3.86. The molecule has 3 N–H and O–H groups in total. The molecule has 0 saturated heterocycles. The van der Waals surface area contributed by atoms with E-state index in [2.05, 4.69) is 5.32 Å². The normalized spacial score (nSPS) is 16.2. The van der Waals surface area contributed by atoms with Crippen LogP contribution in [0.4, 0.5) is 5.69 Å². The maximum Gasteiger partial charge on any atom is 0.231 e. The molecule has 0 unspecified atom stereocenters. The molecule has 82 valence electrons. The number of rotatable bonds is 3. The number of amides is 1. The monoisotopic (exact) mass is 215 g/mol. The topological polar surface area (TPSA) is 78.9 Å². The fraction of sp³-hybridized carbons (Fsp3) is 0.333. The summed E-state index contributed by atoms with van der Waals surface area (Å²) in [6.07, 6.45) is 1.68. The number of carbonyl (C=O) groups is 1. The smallest absolute Gasteiger partial charge is 0.231 e. The molecule has 16 heavy (non-hydrogen) atoms. The minimum absolute atomic E-state index is 0.0566. The number of nitrogens with two attached hydrogens (primary N) is 1. The average Bonchev–Trinajstić information content (AvgIpc) is 3.08. The first-order chi connectivity index (χ1) is 7.69. The zero-order valence-corrected chi connectivity index (χ0v) is 8.86. The molecule has 1 aromatic rings. The van der Waals surface area contributed by atoms with Gasteiger partial charge < -0.3 is 11.1 Å². The molecule has 0 aromatic heterocycles. The highest BCUT2D eigenvalue weighted by Crippen LogP contribution is 2.48. The van der Waals surface area contributed by atoms with E-state index in [1.165, 1.54) is 0 Å². The van der Waals surface area contributed by atoms with Gasteiger partial charge in [0.25, 0.3) is 0 Å². The second-order valence-electron chi connectivity index (χ2n) is 4.04. The van der Waals surface area contributed by atoms with Crippen molar-refractivity contribution >= 4 is 11.6 Å². The molecule has 2 rings (SSSR count). The molecule has 0 spiro atoms. The van der Waals surface area contributed by atoms with E-state index in [0.29, 0.717) is 5.69 Å². The first kappa shape index (κ1) is 10.5. The molecule has 0 aliphatic heterocycles. The highest BCUT2D eigenvalue weighted by atomic mass is 16.2. The Morgan fingerprint density at radius 2 is 2.06 bits per heavy atom. The van der Waals surface area contributed by atoms with Gasteiger partial charge in [-0.1, -0.05) is 12.1 Å². The van der Waals surface area contributed by atoms with Crippen molar-refractivity contribution in [3.8, 4) is 6.07 Å². The number of benzene rings is 1. The van der Waals surface area contributed by atoms with Crippen LogP contribution in [0.15, 0.2) is 24.3 Å². The van der Waals surface area contributed by atoms with Gasteiger partial charge in [-0.3, -0.25) is 4.79 Å². The number of nitriles is 1. The first-order valence-electron chi connectivity index (χ1n) is 5.20. The van der Waals surface area contributed by atoms with E-state index < -0.39 is 5.41 Å². The van der Waals surface area contributed by atoms with Gasteiger partial charge in [-0.25, -0.2) is 0 Å². The number of nitrogens with zero attached hydrogens (tertiary/aromatic N) is 1. The van der Waals surface area contributed by atoms with Gasteiger partial charge in [0, 0.05) is 5.69 Å².